The van der Waals surface area contributed by atoms with Gasteiger partial charge in [0.05, 0.1) is 11.5 Å². The number of nitrogens with one attached hydrogen (secondary N) is 2. The SMILES string of the molecule is CCCn1cc(S(=O)(=O)NC2CCOC2)cc1CNCC. The van der Waals surface area contributed by atoms with Crippen LogP contribution in [-0.4, -0.2) is 38.8 Å². The zero-order valence-electron chi connectivity index (χ0n) is 12.8. The van der Waals surface area contributed by atoms with Crippen molar-refractivity contribution in [2.45, 2.75) is 50.7 Å². The quantitative estimate of drug-likeness (QED) is 0.753. The van der Waals surface area contributed by atoms with E-state index in [0.29, 0.717) is 24.7 Å². The Morgan fingerprint density at radius 2 is 2.24 bits per heavy atom. The van der Waals surface area contributed by atoms with Crippen LogP contribution in [0, 0.1) is 0 Å². The van der Waals surface area contributed by atoms with E-state index in [1.165, 1.54) is 0 Å². The molecule has 6 nitrogen and oxygen atoms in total. The van der Waals surface area contributed by atoms with Crippen molar-refractivity contribution in [2.24, 2.45) is 0 Å². The smallest absolute Gasteiger partial charge is 0.242 e. The molecule has 1 aromatic heterocycles. The lowest BCUT2D eigenvalue weighted by Crippen LogP contribution is -2.34. The van der Waals surface area contributed by atoms with Gasteiger partial charge in [-0.15, -0.1) is 0 Å². The molecule has 21 heavy (non-hydrogen) atoms. The molecule has 1 aliphatic heterocycles. The Balaban J connectivity index is 2.16. The summed E-state index contributed by atoms with van der Waals surface area (Å²) in [6.45, 7) is 7.55. The van der Waals surface area contributed by atoms with Crippen LogP contribution in [0.2, 0.25) is 0 Å². The third-order valence-corrected chi connectivity index (χ3v) is 5.03. The molecule has 0 saturated carbocycles. The first-order chi connectivity index (χ1) is 10.1. The average Bonchev–Trinajstić information content (AvgIpc) is 3.06. The van der Waals surface area contributed by atoms with Gasteiger partial charge in [0, 0.05) is 37.6 Å². The second kappa shape index (κ2) is 7.40. The van der Waals surface area contributed by atoms with E-state index in [1.54, 1.807) is 12.3 Å². The first kappa shape index (κ1) is 16.5. The summed E-state index contributed by atoms with van der Waals surface area (Å²) in [6, 6.07) is 1.65. The topological polar surface area (TPSA) is 72.4 Å². The van der Waals surface area contributed by atoms with Crippen LogP contribution in [0.1, 0.15) is 32.4 Å². The predicted octanol–water partition coefficient (Wildman–Crippen LogP) is 1.07. The zero-order valence-corrected chi connectivity index (χ0v) is 13.6. The second-order valence-electron chi connectivity index (χ2n) is 5.32. The molecule has 0 aliphatic carbocycles. The summed E-state index contributed by atoms with van der Waals surface area (Å²) in [5.41, 5.74) is 1.00. The molecule has 1 aliphatic rings. The van der Waals surface area contributed by atoms with E-state index in [0.717, 1.165) is 31.6 Å². The highest BCUT2D eigenvalue weighted by Crippen LogP contribution is 2.17. The molecule has 0 spiro atoms. The Labute approximate surface area is 126 Å². The van der Waals surface area contributed by atoms with Crippen molar-refractivity contribution >= 4 is 10.0 Å². The fraction of sp³-hybridized carbons (Fsp3) is 0.714. The lowest BCUT2D eigenvalue weighted by atomic mass is 10.3. The molecule has 1 aromatic rings. The van der Waals surface area contributed by atoms with Crippen LogP contribution >= 0.6 is 0 Å². The second-order valence-corrected chi connectivity index (χ2v) is 7.04. The van der Waals surface area contributed by atoms with Gasteiger partial charge in [-0.25, -0.2) is 13.1 Å². The third kappa shape index (κ3) is 4.29. The van der Waals surface area contributed by atoms with Crippen molar-refractivity contribution in [3.05, 3.63) is 18.0 Å². The highest BCUT2D eigenvalue weighted by atomic mass is 32.2. The van der Waals surface area contributed by atoms with E-state index in [1.807, 2.05) is 11.5 Å². The molecule has 120 valence electrons. The number of hydrogen-bond acceptors (Lipinski definition) is 4. The number of hydrogen-bond donors (Lipinski definition) is 2. The third-order valence-electron chi connectivity index (χ3n) is 3.54. The molecule has 0 amide bonds. The highest BCUT2D eigenvalue weighted by Gasteiger charge is 2.25. The van der Waals surface area contributed by atoms with Crippen molar-refractivity contribution in [3.8, 4) is 0 Å². The minimum absolute atomic E-state index is 0.109. The molecule has 2 N–H and O–H groups in total. The lowest BCUT2D eigenvalue weighted by Gasteiger charge is -2.09. The van der Waals surface area contributed by atoms with Crippen molar-refractivity contribution < 1.29 is 13.2 Å². The van der Waals surface area contributed by atoms with E-state index in [4.69, 9.17) is 4.74 Å². The predicted molar refractivity (Wildman–Crippen MR) is 81.6 cm³/mol. The normalized spacial score (nSPS) is 19.2. The van der Waals surface area contributed by atoms with Gasteiger partial charge in [-0.3, -0.25) is 0 Å². The maximum atomic E-state index is 12.4. The van der Waals surface area contributed by atoms with Gasteiger partial charge in [0.1, 0.15) is 0 Å². The largest absolute Gasteiger partial charge is 0.380 e. The van der Waals surface area contributed by atoms with Gasteiger partial charge < -0.3 is 14.6 Å². The van der Waals surface area contributed by atoms with Crippen molar-refractivity contribution in [3.63, 3.8) is 0 Å². The molecule has 1 unspecified atom stereocenters. The van der Waals surface area contributed by atoms with Crippen molar-refractivity contribution in [2.75, 3.05) is 19.8 Å². The minimum atomic E-state index is -3.47. The maximum absolute atomic E-state index is 12.4. The molecule has 1 saturated heterocycles. The Hall–Kier alpha value is -0.890. The summed E-state index contributed by atoms with van der Waals surface area (Å²) in [5.74, 6) is 0. The molecule has 1 fully saturated rings. The van der Waals surface area contributed by atoms with Crippen LogP contribution in [0.15, 0.2) is 17.2 Å². The van der Waals surface area contributed by atoms with Crippen LogP contribution in [-0.2, 0) is 27.8 Å². The van der Waals surface area contributed by atoms with Gasteiger partial charge in [-0.05, 0) is 25.5 Å². The summed E-state index contributed by atoms with van der Waals surface area (Å²) >= 11 is 0. The minimum Gasteiger partial charge on any atom is -0.380 e. The van der Waals surface area contributed by atoms with Gasteiger partial charge in [0.25, 0.3) is 0 Å². The highest BCUT2D eigenvalue weighted by molar-refractivity contribution is 7.89. The number of nitrogens with zero attached hydrogens (tertiary/aromatic N) is 1. The zero-order chi connectivity index (χ0) is 15.3. The summed E-state index contributed by atoms with van der Waals surface area (Å²) in [4.78, 5) is 0.343. The van der Waals surface area contributed by atoms with Crippen molar-refractivity contribution in [1.82, 2.24) is 14.6 Å². The Bertz CT molecular complexity index is 548. The first-order valence-electron chi connectivity index (χ1n) is 7.56. The van der Waals surface area contributed by atoms with Crippen LogP contribution in [0.3, 0.4) is 0 Å². The monoisotopic (exact) mass is 315 g/mol. The van der Waals surface area contributed by atoms with Crippen LogP contribution in [0.5, 0.6) is 0 Å². The number of aryl methyl sites for hydroxylation is 1. The Kier molecular flexibility index (Phi) is 5.80. The number of rotatable bonds is 8. The number of aromatic nitrogens is 1. The van der Waals surface area contributed by atoms with E-state index in [9.17, 15) is 8.42 Å². The fourth-order valence-corrected chi connectivity index (χ4v) is 3.76. The lowest BCUT2D eigenvalue weighted by molar-refractivity contribution is 0.192. The molecule has 0 bridgehead atoms. The van der Waals surface area contributed by atoms with E-state index in [-0.39, 0.29) is 6.04 Å². The summed E-state index contributed by atoms with van der Waals surface area (Å²) in [5, 5.41) is 3.25. The number of sulfonamides is 1. The van der Waals surface area contributed by atoms with Gasteiger partial charge in [-0.2, -0.15) is 0 Å². The molecule has 2 rings (SSSR count). The molecular formula is C14H25N3O3S. The molecule has 7 heteroatoms. The fourth-order valence-electron chi connectivity index (χ4n) is 2.44. The van der Waals surface area contributed by atoms with Crippen LogP contribution in [0.25, 0.3) is 0 Å². The van der Waals surface area contributed by atoms with Gasteiger partial charge >= 0.3 is 0 Å². The van der Waals surface area contributed by atoms with Crippen LogP contribution < -0.4 is 10.0 Å². The first-order valence-corrected chi connectivity index (χ1v) is 9.05. The molecule has 0 radical (unpaired) electrons. The van der Waals surface area contributed by atoms with E-state index < -0.39 is 10.0 Å². The summed E-state index contributed by atoms with van der Waals surface area (Å²) in [7, 11) is -3.47. The maximum Gasteiger partial charge on any atom is 0.242 e. The number of ether oxygens (including phenoxy) is 1. The molecule has 0 aromatic carbocycles. The van der Waals surface area contributed by atoms with E-state index in [2.05, 4.69) is 17.0 Å². The molecular weight excluding hydrogens is 290 g/mol. The molecule has 1 atom stereocenters. The van der Waals surface area contributed by atoms with Gasteiger partial charge in [0.15, 0.2) is 0 Å². The summed E-state index contributed by atoms with van der Waals surface area (Å²) in [6.07, 6.45) is 3.44. The van der Waals surface area contributed by atoms with Gasteiger partial charge in [-0.1, -0.05) is 13.8 Å². The summed E-state index contributed by atoms with van der Waals surface area (Å²) < 4.78 is 34.8. The van der Waals surface area contributed by atoms with E-state index >= 15 is 0 Å². The van der Waals surface area contributed by atoms with Crippen LogP contribution in [0.4, 0.5) is 0 Å². The van der Waals surface area contributed by atoms with Gasteiger partial charge in [0.2, 0.25) is 10.0 Å². The Morgan fingerprint density at radius 3 is 2.86 bits per heavy atom. The molecule has 2 heterocycles. The van der Waals surface area contributed by atoms with Crippen molar-refractivity contribution in [1.29, 1.82) is 0 Å². The average molecular weight is 315 g/mol. The Morgan fingerprint density at radius 1 is 1.43 bits per heavy atom. The standard InChI is InChI=1S/C14H25N3O3S/c1-3-6-17-10-14(8-13(17)9-15-4-2)21(18,19)16-12-5-7-20-11-12/h8,10,12,15-16H,3-7,9,11H2,1-2H3.